The van der Waals surface area contributed by atoms with Crippen molar-refractivity contribution in [1.29, 1.82) is 0 Å². The maximum atomic E-state index is 6.86. The molecule has 6 heteroatoms. The van der Waals surface area contributed by atoms with E-state index in [9.17, 15) is 0 Å². The van der Waals surface area contributed by atoms with Gasteiger partial charge >= 0.3 is 0 Å². The summed E-state index contributed by atoms with van der Waals surface area (Å²) in [5.41, 5.74) is 0.422. The van der Waals surface area contributed by atoms with E-state index in [2.05, 4.69) is 4.85 Å². The first-order valence-corrected chi connectivity index (χ1v) is 5.32. The van der Waals surface area contributed by atoms with Crippen LogP contribution in [-0.4, -0.2) is 0 Å². The van der Waals surface area contributed by atoms with Crippen LogP contribution in [0.1, 0.15) is 10.4 Å². The summed E-state index contributed by atoms with van der Waals surface area (Å²) in [6, 6.07) is 1.40. The molecule has 0 bridgehead atoms. The minimum atomic E-state index is -0.882. The van der Waals surface area contributed by atoms with Gasteiger partial charge in [0.25, 0.3) is 0 Å². The lowest BCUT2D eigenvalue weighted by molar-refractivity contribution is 1.35. The van der Waals surface area contributed by atoms with Crippen LogP contribution >= 0.6 is 58.0 Å². The molecule has 0 saturated carbocycles. The van der Waals surface area contributed by atoms with Crippen molar-refractivity contribution in [2.24, 2.45) is 0 Å². The molecule has 0 aliphatic rings. The zero-order valence-electron chi connectivity index (χ0n) is 6.49. The van der Waals surface area contributed by atoms with Crippen molar-refractivity contribution >= 4 is 63.7 Å². The lowest BCUT2D eigenvalue weighted by atomic mass is 10.2. The van der Waals surface area contributed by atoms with Crippen molar-refractivity contribution in [3.8, 4) is 0 Å². The molecule has 1 aromatic carbocycles. The maximum absolute atomic E-state index is 6.86. The third kappa shape index (κ3) is 2.21. The molecule has 74 valence electrons. The van der Waals surface area contributed by atoms with E-state index in [0.717, 1.165) is 0 Å². The van der Waals surface area contributed by atoms with Gasteiger partial charge in [0.05, 0.1) is 11.6 Å². The Labute approximate surface area is 106 Å². The van der Waals surface area contributed by atoms with Gasteiger partial charge in [-0.1, -0.05) is 34.8 Å². The van der Waals surface area contributed by atoms with Gasteiger partial charge in [0, 0.05) is 15.6 Å². The first-order chi connectivity index (χ1) is 6.49. The standard InChI is InChI=1S/C8H2Cl5N/c1-14-7-4(10)2-3(9)5(6(7)11)8(12)13/h2,8H. The second-order valence-corrected chi connectivity index (χ2v) is 4.62. The molecule has 0 aromatic heterocycles. The fourth-order valence-electron chi connectivity index (χ4n) is 0.897. The Hall–Kier alpha value is 0.160. The molecule has 0 amide bonds. The Bertz CT molecular complexity index is 407. The predicted molar refractivity (Wildman–Crippen MR) is 62.2 cm³/mol. The summed E-state index contributed by atoms with van der Waals surface area (Å²) < 4.78 is 0. The third-order valence-electron chi connectivity index (χ3n) is 1.51. The Balaban J connectivity index is 3.54. The summed E-state index contributed by atoms with van der Waals surface area (Å²) >= 11 is 28.7. The average Bonchev–Trinajstić information content (AvgIpc) is 2.02. The zero-order valence-corrected chi connectivity index (χ0v) is 10.3. The van der Waals surface area contributed by atoms with Crippen LogP contribution < -0.4 is 0 Å². The maximum Gasteiger partial charge on any atom is 0.224 e. The summed E-state index contributed by atoms with van der Waals surface area (Å²) in [4.78, 5) is 2.28. The highest BCUT2D eigenvalue weighted by Gasteiger charge is 2.19. The van der Waals surface area contributed by atoms with Gasteiger partial charge in [0.2, 0.25) is 5.69 Å². The topological polar surface area (TPSA) is 4.36 Å². The second-order valence-electron chi connectivity index (χ2n) is 2.33. The molecular formula is C8H2Cl5N. The lowest BCUT2D eigenvalue weighted by Crippen LogP contribution is -1.87. The number of benzene rings is 1. The largest absolute Gasteiger partial charge is 0.235 e. The van der Waals surface area contributed by atoms with E-state index < -0.39 is 4.84 Å². The van der Waals surface area contributed by atoms with Crippen LogP contribution in [0.4, 0.5) is 5.69 Å². The van der Waals surface area contributed by atoms with E-state index in [0.29, 0.717) is 5.56 Å². The van der Waals surface area contributed by atoms with Crippen molar-refractivity contribution < 1.29 is 0 Å². The zero-order chi connectivity index (χ0) is 10.9. The Morgan fingerprint density at radius 3 is 2.14 bits per heavy atom. The summed E-state index contributed by atoms with van der Waals surface area (Å²) in [6.07, 6.45) is 0. The molecule has 0 atom stereocenters. The molecule has 0 aliphatic heterocycles. The number of hydrogen-bond donors (Lipinski definition) is 0. The number of hydrogen-bond acceptors (Lipinski definition) is 0. The number of nitrogens with zero attached hydrogens (tertiary/aromatic N) is 1. The first-order valence-electron chi connectivity index (χ1n) is 3.32. The highest BCUT2D eigenvalue weighted by Crippen LogP contribution is 2.45. The molecular weight excluding hydrogens is 287 g/mol. The van der Waals surface area contributed by atoms with E-state index in [1.54, 1.807) is 0 Å². The van der Waals surface area contributed by atoms with Crippen LogP contribution in [0.2, 0.25) is 15.1 Å². The van der Waals surface area contributed by atoms with Gasteiger partial charge in [-0.25, -0.2) is 4.85 Å². The van der Waals surface area contributed by atoms with Gasteiger partial charge < -0.3 is 0 Å². The van der Waals surface area contributed by atoms with Gasteiger partial charge in [0.1, 0.15) is 4.84 Å². The fourth-order valence-corrected chi connectivity index (χ4v) is 2.64. The smallest absolute Gasteiger partial charge is 0.224 e. The van der Waals surface area contributed by atoms with Crippen LogP contribution in [0, 0.1) is 6.57 Å². The molecule has 1 aromatic rings. The second kappa shape index (κ2) is 4.79. The molecule has 0 spiro atoms. The van der Waals surface area contributed by atoms with Crippen LogP contribution in [0.15, 0.2) is 6.07 Å². The van der Waals surface area contributed by atoms with E-state index in [1.165, 1.54) is 6.07 Å². The van der Waals surface area contributed by atoms with Crippen molar-refractivity contribution in [2.75, 3.05) is 0 Å². The van der Waals surface area contributed by atoms with Crippen molar-refractivity contribution in [3.05, 3.63) is 38.1 Å². The molecule has 0 aliphatic carbocycles. The summed E-state index contributed by atoms with van der Waals surface area (Å²) in [7, 11) is 0. The SMILES string of the molecule is [C-]#[N+]c1c(Cl)cc(Cl)c(C(Cl)Cl)c1Cl. The van der Waals surface area contributed by atoms with Crippen molar-refractivity contribution in [2.45, 2.75) is 4.84 Å². The van der Waals surface area contributed by atoms with E-state index in [4.69, 9.17) is 64.6 Å². The van der Waals surface area contributed by atoms with Crippen LogP contribution in [0.25, 0.3) is 4.85 Å². The lowest BCUT2D eigenvalue weighted by Gasteiger charge is -2.10. The Kier molecular flexibility index (Phi) is 4.18. The predicted octanol–water partition coefficient (Wildman–Crippen LogP) is 5.67. The Morgan fingerprint density at radius 2 is 1.71 bits per heavy atom. The average molecular weight is 289 g/mol. The van der Waals surface area contributed by atoms with Crippen LogP contribution in [0.3, 0.4) is 0 Å². The van der Waals surface area contributed by atoms with E-state index in [1.807, 2.05) is 0 Å². The highest BCUT2D eigenvalue weighted by molar-refractivity contribution is 6.49. The monoisotopic (exact) mass is 287 g/mol. The molecule has 1 nitrogen and oxygen atoms in total. The number of alkyl halides is 2. The summed E-state index contributed by atoms with van der Waals surface area (Å²) in [5, 5.41) is 0.544. The van der Waals surface area contributed by atoms with Gasteiger partial charge in [-0.3, -0.25) is 0 Å². The molecule has 0 heterocycles. The normalized spacial score (nSPS) is 10.4. The van der Waals surface area contributed by atoms with Crippen molar-refractivity contribution in [1.82, 2.24) is 0 Å². The molecule has 14 heavy (non-hydrogen) atoms. The Morgan fingerprint density at radius 1 is 1.14 bits per heavy atom. The minimum absolute atomic E-state index is 0.104. The molecule has 0 unspecified atom stereocenters. The quantitative estimate of drug-likeness (QED) is 0.463. The van der Waals surface area contributed by atoms with Gasteiger partial charge in [-0.2, -0.15) is 0 Å². The van der Waals surface area contributed by atoms with Crippen molar-refractivity contribution in [3.63, 3.8) is 0 Å². The van der Waals surface area contributed by atoms with E-state index >= 15 is 0 Å². The van der Waals surface area contributed by atoms with Gasteiger partial charge in [0.15, 0.2) is 0 Å². The van der Waals surface area contributed by atoms with Crippen LogP contribution in [-0.2, 0) is 0 Å². The molecule has 0 radical (unpaired) electrons. The molecule has 0 fully saturated rings. The molecule has 1 rings (SSSR count). The third-order valence-corrected chi connectivity index (χ3v) is 2.93. The van der Waals surface area contributed by atoms with Gasteiger partial charge in [-0.15, -0.1) is 23.2 Å². The molecule has 0 N–H and O–H groups in total. The van der Waals surface area contributed by atoms with Crippen LogP contribution in [0.5, 0.6) is 0 Å². The summed E-state index contributed by atoms with van der Waals surface area (Å²) in [6.45, 7) is 6.86. The van der Waals surface area contributed by atoms with E-state index in [-0.39, 0.29) is 20.8 Å². The highest BCUT2D eigenvalue weighted by atomic mass is 35.5. The number of halogens is 5. The van der Waals surface area contributed by atoms with Gasteiger partial charge in [-0.05, 0) is 6.07 Å². The minimum Gasteiger partial charge on any atom is -0.235 e. The fraction of sp³-hybridized carbons (Fsp3) is 0.125. The first kappa shape index (κ1) is 12.2. The molecule has 0 saturated heterocycles. The number of rotatable bonds is 1. The summed E-state index contributed by atoms with van der Waals surface area (Å²) in [5.74, 6) is 0.